The Kier molecular flexibility index (Phi) is 3.02. The monoisotopic (exact) mass is 161 g/mol. The molecule has 0 aliphatic carbocycles. The van der Waals surface area contributed by atoms with Crippen molar-refractivity contribution < 1.29 is 8.98 Å². The van der Waals surface area contributed by atoms with Crippen LogP contribution in [0.15, 0.2) is 0 Å². The zero-order chi connectivity index (χ0) is 7.40. The first-order valence-corrected chi connectivity index (χ1v) is 3.77. The quantitative estimate of drug-likeness (QED) is 0.431. The van der Waals surface area contributed by atoms with Crippen LogP contribution in [0.2, 0.25) is 0 Å². The third kappa shape index (κ3) is 1.88. The molecule has 0 radical (unpaired) electrons. The van der Waals surface area contributed by atoms with Gasteiger partial charge < -0.3 is 9.50 Å². The van der Waals surface area contributed by atoms with Gasteiger partial charge in [0.25, 0.3) is 0 Å². The van der Waals surface area contributed by atoms with E-state index >= 15 is 0 Å². The molecule has 0 saturated carbocycles. The van der Waals surface area contributed by atoms with Crippen LogP contribution in [0.3, 0.4) is 0 Å². The van der Waals surface area contributed by atoms with Crippen molar-refractivity contribution in [3.05, 3.63) is 0 Å². The molecule has 0 bridgehead atoms. The van der Waals surface area contributed by atoms with Crippen molar-refractivity contribution in [2.24, 2.45) is 5.92 Å². The summed E-state index contributed by atoms with van der Waals surface area (Å²) in [7, 11) is 0. The Bertz CT molecular complexity index is 123. The molecule has 0 atom stereocenters. The summed E-state index contributed by atoms with van der Waals surface area (Å²) in [5, 5.41) is 3.16. The summed E-state index contributed by atoms with van der Waals surface area (Å²) in [6.07, 6.45) is 1.75. The minimum absolute atomic E-state index is 0.0683. The second-order valence-corrected chi connectivity index (χ2v) is 2.62. The van der Waals surface area contributed by atoms with Crippen molar-refractivity contribution >= 4 is 18.9 Å². The zero-order valence-electron chi connectivity index (χ0n) is 5.67. The number of rotatable bonds is 1. The lowest BCUT2D eigenvalue weighted by atomic mass is 9.99. The molecule has 3 nitrogen and oxygen atoms in total. The van der Waals surface area contributed by atoms with Gasteiger partial charge in [-0.15, -0.1) is 0 Å². The number of carbonyl (C=O) groups is 1. The van der Waals surface area contributed by atoms with Crippen LogP contribution in [0.5, 0.6) is 0 Å². The molecule has 1 fully saturated rings. The Morgan fingerprint density at radius 3 is 2.60 bits per heavy atom. The molecule has 1 aliphatic rings. The maximum absolute atomic E-state index is 10.8. The number of hydrogen-bond acceptors (Lipinski definition) is 4. The van der Waals surface area contributed by atoms with Crippen LogP contribution < -0.4 is 5.32 Å². The van der Waals surface area contributed by atoms with Gasteiger partial charge in [-0.25, -0.2) is 0 Å². The number of nitrogens with one attached hydrogen (secondary N) is 1. The minimum Gasteiger partial charge on any atom is -0.394 e. The van der Waals surface area contributed by atoms with E-state index in [4.69, 9.17) is 0 Å². The molecule has 0 amide bonds. The lowest BCUT2D eigenvalue weighted by Crippen LogP contribution is -2.31. The van der Waals surface area contributed by atoms with Gasteiger partial charge in [0.2, 0.25) is 0 Å². The van der Waals surface area contributed by atoms with Gasteiger partial charge in [-0.3, -0.25) is 4.79 Å². The van der Waals surface area contributed by atoms with Crippen molar-refractivity contribution in [1.82, 2.24) is 5.32 Å². The van der Waals surface area contributed by atoms with Crippen LogP contribution >= 0.6 is 12.9 Å². The molecule has 0 aromatic rings. The Morgan fingerprint density at radius 1 is 1.50 bits per heavy atom. The van der Waals surface area contributed by atoms with Crippen molar-refractivity contribution in [3.8, 4) is 0 Å². The van der Waals surface area contributed by atoms with E-state index in [1.165, 1.54) is 0 Å². The van der Waals surface area contributed by atoms with Crippen LogP contribution in [0.4, 0.5) is 0 Å². The third-order valence-corrected chi connectivity index (χ3v) is 1.94. The zero-order valence-corrected chi connectivity index (χ0v) is 6.56. The SMILES string of the molecule is O=C(OS)C1CCNCC1. The third-order valence-electron chi connectivity index (χ3n) is 1.76. The number of hydrogen-bond donors (Lipinski definition) is 2. The molecule has 1 heterocycles. The molecule has 0 aromatic carbocycles. The standard InChI is InChI=1S/C6H11NO2S/c8-6(9-10)5-1-3-7-4-2-5/h5,7,10H,1-4H2. The maximum Gasteiger partial charge on any atom is 0.320 e. The molecule has 4 heteroatoms. The van der Waals surface area contributed by atoms with Gasteiger partial charge in [0.05, 0.1) is 5.92 Å². The summed E-state index contributed by atoms with van der Waals surface area (Å²) >= 11 is 3.46. The average Bonchev–Trinajstić information content (AvgIpc) is 2.05. The van der Waals surface area contributed by atoms with Crippen LogP contribution in [0.25, 0.3) is 0 Å². The highest BCUT2D eigenvalue weighted by Crippen LogP contribution is 2.13. The Labute approximate surface area is 65.7 Å². The van der Waals surface area contributed by atoms with Gasteiger partial charge >= 0.3 is 5.97 Å². The van der Waals surface area contributed by atoms with Crippen molar-refractivity contribution in [2.75, 3.05) is 13.1 Å². The van der Waals surface area contributed by atoms with E-state index < -0.39 is 0 Å². The molecular formula is C6H11NO2S. The normalized spacial score (nSPS) is 20.5. The molecule has 0 unspecified atom stereocenters. The van der Waals surface area contributed by atoms with Gasteiger partial charge in [-0.1, -0.05) is 0 Å². The highest BCUT2D eigenvalue weighted by atomic mass is 32.1. The molecule has 1 saturated heterocycles. The summed E-state index contributed by atoms with van der Waals surface area (Å²) in [6.45, 7) is 1.82. The predicted octanol–water partition coefficient (Wildman–Crippen LogP) is 0.374. The van der Waals surface area contributed by atoms with Crippen molar-refractivity contribution in [2.45, 2.75) is 12.8 Å². The van der Waals surface area contributed by atoms with E-state index in [0.29, 0.717) is 0 Å². The molecule has 0 spiro atoms. The van der Waals surface area contributed by atoms with Crippen LogP contribution in [0, 0.1) is 5.92 Å². The Hall–Kier alpha value is -0.220. The molecular weight excluding hydrogens is 150 g/mol. The minimum atomic E-state index is -0.190. The fraction of sp³-hybridized carbons (Fsp3) is 0.833. The second kappa shape index (κ2) is 3.83. The summed E-state index contributed by atoms with van der Waals surface area (Å²) in [4.78, 5) is 10.8. The van der Waals surface area contributed by atoms with E-state index in [1.54, 1.807) is 0 Å². The number of carbonyl (C=O) groups excluding carboxylic acids is 1. The lowest BCUT2D eigenvalue weighted by Gasteiger charge is -2.19. The van der Waals surface area contributed by atoms with Gasteiger partial charge in [-0.2, -0.15) is 0 Å². The average molecular weight is 161 g/mol. The van der Waals surface area contributed by atoms with Gasteiger partial charge in [0.15, 0.2) is 0 Å². The number of thiol groups is 1. The van der Waals surface area contributed by atoms with Gasteiger partial charge in [-0.05, 0) is 25.9 Å². The van der Waals surface area contributed by atoms with E-state index in [-0.39, 0.29) is 11.9 Å². The second-order valence-electron chi connectivity index (χ2n) is 2.43. The largest absolute Gasteiger partial charge is 0.394 e. The van der Waals surface area contributed by atoms with Crippen LogP contribution in [0.1, 0.15) is 12.8 Å². The fourth-order valence-corrected chi connectivity index (χ4v) is 1.28. The molecule has 10 heavy (non-hydrogen) atoms. The first kappa shape index (κ1) is 7.88. The van der Waals surface area contributed by atoms with Gasteiger partial charge in [0.1, 0.15) is 0 Å². The first-order chi connectivity index (χ1) is 4.84. The first-order valence-electron chi connectivity index (χ1n) is 3.40. The van der Waals surface area contributed by atoms with E-state index in [1.807, 2.05) is 0 Å². The van der Waals surface area contributed by atoms with Crippen molar-refractivity contribution in [3.63, 3.8) is 0 Å². The van der Waals surface area contributed by atoms with E-state index in [9.17, 15) is 4.79 Å². The molecule has 58 valence electrons. The maximum atomic E-state index is 10.8. The lowest BCUT2D eigenvalue weighted by molar-refractivity contribution is -0.138. The molecule has 0 aromatic heterocycles. The van der Waals surface area contributed by atoms with Crippen LogP contribution in [-0.4, -0.2) is 19.1 Å². The van der Waals surface area contributed by atoms with Crippen LogP contribution in [-0.2, 0) is 8.98 Å². The molecule has 1 N–H and O–H groups in total. The summed E-state index contributed by atoms with van der Waals surface area (Å²) in [5.41, 5.74) is 0. The highest BCUT2D eigenvalue weighted by Gasteiger charge is 2.21. The fourth-order valence-electron chi connectivity index (χ4n) is 1.13. The highest BCUT2D eigenvalue weighted by molar-refractivity contribution is 7.75. The van der Waals surface area contributed by atoms with Gasteiger partial charge in [0, 0.05) is 12.9 Å². The van der Waals surface area contributed by atoms with E-state index in [0.717, 1.165) is 25.9 Å². The smallest absolute Gasteiger partial charge is 0.320 e. The summed E-state index contributed by atoms with van der Waals surface area (Å²) in [6, 6.07) is 0. The molecule has 1 aliphatic heterocycles. The Balaban J connectivity index is 2.31. The molecule has 1 rings (SSSR count). The number of piperidine rings is 1. The summed E-state index contributed by atoms with van der Waals surface area (Å²) < 4.78 is 4.32. The topological polar surface area (TPSA) is 38.3 Å². The predicted molar refractivity (Wildman–Crippen MR) is 40.7 cm³/mol. The van der Waals surface area contributed by atoms with Crippen molar-refractivity contribution in [1.29, 1.82) is 0 Å². The van der Waals surface area contributed by atoms with E-state index in [2.05, 4.69) is 22.4 Å². The Morgan fingerprint density at radius 2 is 2.10 bits per heavy atom. The summed E-state index contributed by atoms with van der Waals surface area (Å²) in [5.74, 6) is -0.122.